The van der Waals surface area contributed by atoms with Gasteiger partial charge in [0.2, 0.25) is 0 Å². The number of nitrogens with zero attached hydrogens (tertiary/aromatic N) is 1. The molecular formula is C29H40BNO5. The van der Waals surface area contributed by atoms with Gasteiger partial charge in [0.05, 0.1) is 19.7 Å². The highest BCUT2D eigenvalue weighted by Crippen LogP contribution is 2.22. The van der Waals surface area contributed by atoms with Crippen molar-refractivity contribution in [1.82, 2.24) is 4.90 Å². The topological polar surface area (TPSA) is 65.1 Å². The zero-order valence-electron chi connectivity index (χ0n) is 21.9. The molecule has 2 aromatic carbocycles. The molecule has 0 unspecified atom stereocenters. The van der Waals surface area contributed by atoms with Gasteiger partial charge in [0, 0.05) is 5.46 Å². The normalized spacial score (nSPS) is 14.7. The minimum absolute atomic E-state index is 0.0529. The van der Waals surface area contributed by atoms with Crippen molar-refractivity contribution in [3.63, 3.8) is 0 Å². The molecule has 2 aromatic rings. The number of likely N-dealkylation sites (N-methyl/N-ethyl adjacent to an activating group) is 1. The molecule has 1 aliphatic rings. The molecule has 0 radical (unpaired) electrons. The zero-order valence-corrected chi connectivity index (χ0v) is 21.9. The molecule has 36 heavy (non-hydrogen) atoms. The number of hydrogen-bond acceptors (Lipinski definition) is 6. The average Bonchev–Trinajstić information content (AvgIpc) is 2.86. The Morgan fingerprint density at radius 1 is 0.722 bits per heavy atom. The van der Waals surface area contributed by atoms with Crippen LogP contribution in [-0.2, 0) is 18.9 Å². The molecule has 7 heteroatoms. The van der Waals surface area contributed by atoms with Crippen LogP contribution in [0.4, 0.5) is 0 Å². The molecule has 3 rings (SSSR count). The van der Waals surface area contributed by atoms with Crippen molar-refractivity contribution < 1.29 is 23.6 Å². The van der Waals surface area contributed by atoms with E-state index >= 15 is 0 Å². The summed E-state index contributed by atoms with van der Waals surface area (Å²) in [6.07, 6.45) is 13.2. The van der Waals surface area contributed by atoms with E-state index in [1.807, 2.05) is 48.5 Å². The standard InChI is InChI=1S/C29H40BNO5/c1-3-4-5-6-7-8-9-10-11-12-21-34-27-19-15-25(16-20-27)24-13-17-26(18-14-24)30-35-28(32)22-31(2)23-29(33)36-30/h13-20H,3-12,21-23H2,1-2H3. The Hall–Kier alpha value is -2.80. The van der Waals surface area contributed by atoms with E-state index in [0.717, 1.165) is 29.9 Å². The number of unbranched alkanes of at least 4 members (excludes halogenated alkanes) is 9. The summed E-state index contributed by atoms with van der Waals surface area (Å²) < 4.78 is 16.6. The molecule has 0 aliphatic carbocycles. The molecule has 6 nitrogen and oxygen atoms in total. The van der Waals surface area contributed by atoms with Crippen LogP contribution in [0.1, 0.15) is 71.1 Å². The van der Waals surface area contributed by atoms with Crippen molar-refractivity contribution in [1.29, 1.82) is 0 Å². The lowest BCUT2D eigenvalue weighted by molar-refractivity contribution is -0.145. The van der Waals surface area contributed by atoms with Crippen LogP contribution >= 0.6 is 0 Å². The highest BCUT2D eigenvalue weighted by Gasteiger charge is 2.33. The Morgan fingerprint density at radius 2 is 1.19 bits per heavy atom. The summed E-state index contributed by atoms with van der Waals surface area (Å²) in [5, 5.41) is 0. The Morgan fingerprint density at radius 3 is 1.72 bits per heavy atom. The van der Waals surface area contributed by atoms with Crippen LogP contribution in [0.5, 0.6) is 5.75 Å². The van der Waals surface area contributed by atoms with Crippen molar-refractivity contribution in [2.45, 2.75) is 71.1 Å². The van der Waals surface area contributed by atoms with Gasteiger partial charge in [0.25, 0.3) is 0 Å². The first kappa shape index (κ1) is 27.8. The minimum atomic E-state index is -1.02. The van der Waals surface area contributed by atoms with Gasteiger partial charge >= 0.3 is 19.1 Å². The van der Waals surface area contributed by atoms with Gasteiger partial charge in [-0.15, -0.1) is 0 Å². The van der Waals surface area contributed by atoms with Gasteiger partial charge in [-0.05, 0) is 36.7 Å². The summed E-state index contributed by atoms with van der Waals surface area (Å²) >= 11 is 0. The number of carbonyl (C=O) groups excluding carboxylic acids is 2. The quantitative estimate of drug-likeness (QED) is 0.260. The first-order chi connectivity index (χ1) is 17.5. The second kappa shape index (κ2) is 15.3. The van der Waals surface area contributed by atoms with Crippen molar-refractivity contribution in [2.24, 2.45) is 0 Å². The van der Waals surface area contributed by atoms with E-state index in [0.29, 0.717) is 5.46 Å². The van der Waals surface area contributed by atoms with Gasteiger partial charge in [-0.25, -0.2) is 0 Å². The fourth-order valence-corrected chi connectivity index (χ4v) is 4.33. The molecule has 0 N–H and O–H groups in total. The fraction of sp³-hybridized carbons (Fsp3) is 0.517. The first-order valence-corrected chi connectivity index (χ1v) is 13.5. The molecule has 0 bridgehead atoms. The summed E-state index contributed by atoms with van der Waals surface area (Å²) in [6.45, 7) is 3.12. The van der Waals surface area contributed by atoms with Crippen molar-refractivity contribution >= 4 is 24.5 Å². The van der Waals surface area contributed by atoms with Gasteiger partial charge in [-0.1, -0.05) is 101 Å². The molecule has 0 saturated carbocycles. The van der Waals surface area contributed by atoms with Crippen LogP contribution in [0, 0.1) is 0 Å². The maximum atomic E-state index is 12.0. The lowest BCUT2D eigenvalue weighted by atomic mass is 9.78. The monoisotopic (exact) mass is 493 g/mol. The molecule has 194 valence electrons. The molecular weight excluding hydrogens is 453 g/mol. The van der Waals surface area contributed by atoms with Gasteiger partial charge in [0.1, 0.15) is 5.75 Å². The zero-order chi connectivity index (χ0) is 25.6. The Labute approximate surface area is 216 Å². The number of carbonyl (C=O) groups is 2. The van der Waals surface area contributed by atoms with E-state index in [2.05, 4.69) is 6.92 Å². The summed E-state index contributed by atoms with van der Waals surface area (Å²) in [7, 11) is 0.653. The third-order valence-corrected chi connectivity index (χ3v) is 6.41. The van der Waals surface area contributed by atoms with Crippen LogP contribution in [-0.4, -0.2) is 50.7 Å². The lowest BCUT2D eigenvalue weighted by Gasteiger charge is -2.22. The predicted octanol–water partition coefficient (Wildman–Crippen LogP) is 5.38. The van der Waals surface area contributed by atoms with Crippen LogP contribution in [0.15, 0.2) is 48.5 Å². The Kier molecular flexibility index (Phi) is 11.8. The van der Waals surface area contributed by atoms with Crippen LogP contribution < -0.4 is 10.2 Å². The van der Waals surface area contributed by atoms with Crippen LogP contribution in [0.3, 0.4) is 0 Å². The van der Waals surface area contributed by atoms with E-state index in [4.69, 9.17) is 14.0 Å². The minimum Gasteiger partial charge on any atom is -0.494 e. The molecule has 1 heterocycles. The molecule has 1 aliphatic heterocycles. The van der Waals surface area contributed by atoms with Crippen molar-refractivity contribution in [2.75, 3.05) is 26.7 Å². The van der Waals surface area contributed by atoms with Gasteiger partial charge in [-0.3, -0.25) is 14.5 Å². The summed E-state index contributed by atoms with van der Waals surface area (Å²) in [4.78, 5) is 25.5. The summed E-state index contributed by atoms with van der Waals surface area (Å²) in [5.74, 6) is 0.0320. The molecule has 0 spiro atoms. The Balaban J connectivity index is 1.39. The van der Waals surface area contributed by atoms with E-state index in [1.165, 1.54) is 57.8 Å². The first-order valence-electron chi connectivity index (χ1n) is 13.5. The van der Waals surface area contributed by atoms with Gasteiger partial charge < -0.3 is 14.0 Å². The average molecular weight is 493 g/mol. The van der Waals surface area contributed by atoms with Crippen molar-refractivity contribution in [3.8, 4) is 16.9 Å². The third kappa shape index (κ3) is 9.69. The van der Waals surface area contributed by atoms with Gasteiger partial charge in [0.15, 0.2) is 0 Å². The number of hydrogen-bond donors (Lipinski definition) is 0. The fourth-order valence-electron chi connectivity index (χ4n) is 4.33. The Bertz CT molecular complexity index is 912. The van der Waals surface area contributed by atoms with Crippen molar-refractivity contribution in [3.05, 3.63) is 48.5 Å². The largest absolute Gasteiger partial charge is 0.636 e. The van der Waals surface area contributed by atoms with Crippen LogP contribution in [0.2, 0.25) is 0 Å². The van der Waals surface area contributed by atoms with E-state index in [-0.39, 0.29) is 13.1 Å². The van der Waals surface area contributed by atoms with E-state index in [9.17, 15) is 9.59 Å². The lowest BCUT2D eigenvalue weighted by Crippen LogP contribution is -2.47. The molecule has 1 fully saturated rings. The second-order valence-electron chi connectivity index (χ2n) is 9.66. The smallest absolute Gasteiger partial charge is 0.494 e. The maximum Gasteiger partial charge on any atom is 0.636 e. The molecule has 0 amide bonds. The summed E-state index contributed by atoms with van der Waals surface area (Å²) in [6, 6.07) is 15.6. The maximum absolute atomic E-state index is 12.0. The molecule has 0 atom stereocenters. The summed E-state index contributed by atoms with van der Waals surface area (Å²) in [5.41, 5.74) is 2.70. The highest BCUT2D eigenvalue weighted by atomic mass is 16.6. The second-order valence-corrected chi connectivity index (χ2v) is 9.66. The van der Waals surface area contributed by atoms with Crippen LogP contribution in [0.25, 0.3) is 11.1 Å². The molecule has 1 saturated heterocycles. The number of ether oxygens (including phenoxy) is 1. The van der Waals surface area contributed by atoms with E-state index < -0.39 is 19.1 Å². The third-order valence-electron chi connectivity index (χ3n) is 6.41. The van der Waals surface area contributed by atoms with Gasteiger partial charge in [-0.2, -0.15) is 0 Å². The number of benzene rings is 2. The number of rotatable bonds is 14. The van der Waals surface area contributed by atoms with E-state index in [1.54, 1.807) is 11.9 Å². The SMILES string of the molecule is CCCCCCCCCCCCOc1ccc(-c2ccc(B3OC(=O)CN(C)CC(=O)O3)cc2)cc1. The predicted molar refractivity (Wildman–Crippen MR) is 144 cm³/mol. The highest BCUT2D eigenvalue weighted by molar-refractivity contribution is 6.64. The molecule has 0 aromatic heterocycles.